The van der Waals surface area contributed by atoms with Gasteiger partial charge in [-0.05, 0) is 49.6 Å². The minimum atomic E-state index is -3.96. The maximum absolute atomic E-state index is 12.9. The molecule has 0 radical (unpaired) electrons. The second kappa shape index (κ2) is 9.91. The van der Waals surface area contributed by atoms with Crippen molar-refractivity contribution in [2.75, 3.05) is 23.7 Å². The number of rotatable bonds is 8. The molecule has 4 rings (SSSR count). The van der Waals surface area contributed by atoms with E-state index in [0.717, 1.165) is 0 Å². The fourth-order valence-electron chi connectivity index (χ4n) is 4.35. The van der Waals surface area contributed by atoms with Crippen LogP contribution in [0.1, 0.15) is 24.8 Å². The monoisotopic (exact) mass is 497 g/mol. The van der Waals surface area contributed by atoms with Crippen molar-refractivity contribution in [1.82, 2.24) is 4.90 Å². The highest BCUT2D eigenvalue weighted by molar-refractivity contribution is 7.92. The lowest BCUT2D eigenvalue weighted by molar-refractivity contribution is -0.140. The molecule has 0 aromatic heterocycles. The lowest BCUT2D eigenvalue weighted by Crippen LogP contribution is -2.34. The van der Waals surface area contributed by atoms with Crippen molar-refractivity contribution in [1.29, 1.82) is 0 Å². The van der Waals surface area contributed by atoms with Gasteiger partial charge in [-0.1, -0.05) is 30.4 Å². The highest BCUT2D eigenvalue weighted by Gasteiger charge is 2.46. The molecule has 10 heteroatoms. The van der Waals surface area contributed by atoms with Crippen molar-refractivity contribution < 1.29 is 27.5 Å². The van der Waals surface area contributed by atoms with Gasteiger partial charge in [-0.3, -0.25) is 24.0 Å². The number of amides is 3. The number of fused-ring (bicyclic) bond motifs is 1. The maximum Gasteiger partial charge on any atom is 0.262 e. The van der Waals surface area contributed by atoms with E-state index in [9.17, 15) is 22.8 Å². The SMILES string of the molecule is COc1ccccc1NS(=O)(=O)c1ccc(C)c(NC(=O)CCN2C(=O)[C@H]3CC=CC[C@H]3C2=O)c1. The van der Waals surface area contributed by atoms with E-state index in [-0.39, 0.29) is 47.2 Å². The predicted molar refractivity (Wildman–Crippen MR) is 130 cm³/mol. The Morgan fingerprint density at radius 2 is 1.69 bits per heavy atom. The fraction of sp³-hybridized carbons (Fsp3) is 0.320. The van der Waals surface area contributed by atoms with E-state index in [1.54, 1.807) is 37.3 Å². The van der Waals surface area contributed by atoms with Gasteiger partial charge in [0.25, 0.3) is 10.0 Å². The zero-order valence-electron chi connectivity index (χ0n) is 19.5. The quantitative estimate of drug-likeness (QED) is 0.427. The van der Waals surface area contributed by atoms with E-state index in [4.69, 9.17) is 4.74 Å². The van der Waals surface area contributed by atoms with Gasteiger partial charge in [0.1, 0.15) is 5.75 Å². The number of carbonyl (C=O) groups is 3. The molecule has 0 bridgehead atoms. The fourth-order valence-corrected chi connectivity index (χ4v) is 5.45. The first-order chi connectivity index (χ1) is 16.7. The summed E-state index contributed by atoms with van der Waals surface area (Å²) in [5.41, 5.74) is 1.28. The third-order valence-electron chi connectivity index (χ3n) is 6.31. The molecule has 2 aromatic carbocycles. The van der Waals surface area contributed by atoms with Gasteiger partial charge in [0, 0.05) is 18.7 Å². The van der Waals surface area contributed by atoms with Gasteiger partial charge in [-0.2, -0.15) is 0 Å². The minimum absolute atomic E-state index is 0.0110. The highest BCUT2D eigenvalue weighted by atomic mass is 32.2. The van der Waals surface area contributed by atoms with Crippen LogP contribution >= 0.6 is 0 Å². The number of anilines is 2. The molecule has 2 N–H and O–H groups in total. The Morgan fingerprint density at radius 3 is 2.34 bits per heavy atom. The molecule has 1 saturated heterocycles. The van der Waals surface area contributed by atoms with Gasteiger partial charge in [0.05, 0.1) is 29.5 Å². The zero-order chi connectivity index (χ0) is 25.2. The second-order valence-electron chi connectivity index (χ2n) is 8.56. The number of allylic oxidation sites excluding steroid dienone is 2. The molecule has 9 nitrogen and oxygen atoms in total. The highest BCUT2D eigenvalue weighted by Crippen LogP contribution is 2.35. The minimum Gasteiger partial charge on any atom is -0.495 e. The number of carbonyl (C=O) groups excluding carboxylic acids is 3. The summed E-state index contributed by atoms with van der Waals surface area (Å²) < 4.78 is 33.6. The Morgan fingerprint density at radius 1 is 1.03 bits per heavy atom. The number of imide groups is 1. The number of hydrogen-bond donors (Lipinski definition) is 2. The molecule has 1 heterocycles. The number of para-hydroxylation sites is 2. The molecular weight excluding hydrogens is 470 g/mol. The molecule has 0 unspecified atom stereocenters. The molecular formula is C25H27N3O6S. The largest absolute Gasteiger partial charge is 0.495 e. The summed E-state index contributed by atoms with van der Waals surface area (Å²) in [5, 5.41) is 2.71. The molecule has 1 aliphatic heterocycles. The first-order valence-electron chi connectivity index (χ1n) is 11.3. The molecule has 2 aromatic rings. The number of benzene rings is 2. The van der Waals surface area contributed by atoms with Crippen LogP contribution in [-0.4, -0.2) is 44.7 Å². The lowest BCUT2D eigenvalue weighted by atomic mass is 9.85. The number of nitrogens with zero attached hydrogens (tertiary/aromatic N) is 1. The third kappa shape index (κ3) is 5.07. The molecule has 184 valence electrons. The molecule has 1 fully saturated rings. The van der Waals surface area contributed by atoms with Gasteiger partial charge < -0.3 is 10.1 Å². The molecule has 35 heavy (non-hydrogen) atoms. The second-order valence-corrected chi connectivity index (χ2v) is 10.2. The van der Waals surface area contributed by atoms with Crippen LogP contribution in [0.2, 0.25) is 0 Å². The number of hydrogen-bond acceptors (Lipinski definition) is 6. The van der Waals surface area contributed by atoms with Crippen molar-refractivity contribution >= 4 is 39.1 Å². The van der Waals surface area contributed by atoms with Crippen molar-refractivity contribution in [3.8, 4) is 5.75 Å². The van der Waals surface area contributed by atoms with Crippen molar-refractivity contribution in [3.63, 3.8) is 0 Å². The Balaban J connectivity index is 1.43. The summed E-state index contributed by atoms with van der Waals surface area (Å²) in [6.45, 7) is 1.73. The van der Waals surface area contributed by atoms with Gasteiger partial charge in [0.15, 0.2) is 0 Å². The smallest absolute Gasteiger partial charge is 0.262 e. The first-order valence-corrected chi connectivity index (χ1v) is 12.8. The zero-order valence-corrected chi connectivity index (χ0v) is 20.3. The predicted octanol–water partition coefficient (Wildman–Crippen LogP) is 3.08. The molecule has 3 amide bonds. The average Bonchev–Trinajstić information content (AvgIpc) is 3.08. The molecule has 0 spiro atoms. The van der Waals surface area contributed by atoms with Crippen LogP contribution < -0.4 is 14.8 Å². The summed E-state index contributed by atoms with van der Waals surface area (Å²) in [5.74, 6) is -1.19. The van der Waals surface area contributed by atoms with E-state index < -0.39 is 15.9 Å². The number of sulfonamides is 1. The van der Waals surface area contributed by atoms with Crippen molar-refractivity contribution in [2.24, 2.45) is 11.8 Å². The topological polar surface area (TPSA) is 122 Å². The Hall–Kier alpha value is -3.66. The number of likely N-dealkylation sites (tertiary alicyclic amines) is 1. The summed E-state index contributed by atoms with van der Waals surface area (Å²) >= 11 is 0. The van der Waals surface area contributed by atoms with E-state index in [2.05, 4.69) is 10.0 Å². The van der Waals surface area contributed by atoms with Gasteiger partial charge in [-0.25, -0.2) is 8.42 Å². The number of nitrogens with one attached hydrogen (secondary N) is 2. The number of ether oxygens (including phenoxy) is 1. The summed E-state index contributed by atoms with van der Waals surface area (Å²) in [6.07, 6.45) is 4.83. The van der Waals surface area contributed by atoms with Gasteiger partial charge >= 0.3 is 0 Å². The summed E-state index contributed by atoms with van der Waals surface area (Å²) in [4.78, 5) is 38.9. The summed E-state index contributed by atoms with van der Waals surface area (Å²) in [6, 6.07) is 11.0. The van der Waals surface area contributed by atoms with Crippen LogP contribution in [0, 0.1) is 18.8 Å². The van der Waals surface area contributed by atoms with E-state index in [1.165, 1.54) is 24.1 Å². The van der Waals surface area contributed by atoms with Gasteiger partial charge in [0.2, 0.25) is 17.7 Å². The van der Waals surface area contributed by atoms with E-state index in [0.29, 0.717) is 29.8 Å². The number of aryl methyl sites for hydroxylation is 1. The van der Waals surface area contributed by atoms with Crippen LogP contribution in [0.3, 0.4) is 0 Å². The lowest BCUT2D eigenvalue weighted by Gasteiger charge is -2.16. The van der Waals surface area contributed by atoms with Crippen LogP contribution in [0.25, 0.3) is 0 Å². The third-order valence-corrected chi connectivity index (χ3v) is 7.67. The van der Waals surface area contributed by atoms with Crippen molar-refractivity contribution in [3.05, 3.63) is 60.2 Å². The molecule has 1 aliphatic carbocycles. The molecule has 2 atom stereocenters. The first kappa shape index (κ1) is 24.5. The van der Waals surface area contributed by atoms with Crippen LogP contribution in [-0.2, 0) is 24.4 Å². The Bertz CT molecular complexity index is 1280. The maximum atomic E-state index is 12.9. The molecule has 2 aliphatic rings. The van der Waals surface area contributed by atoms with Crippen LogP contribution in [0.4, 0.5) is 11.4 Å². The average molecular weight is 498 g/mol. The Labute approximate surface area is 204 Å². The van der Waals surface area contributed by atoms with E-state index >= 15 is 0 Å². The van der Waals surface area contributed by atoms with Crippen molar-refractivity contribution in [2.45, 2.75) is 31.1 Å². The normalized spacial score (nSPS) is 19.4. The van der Waals surface area contributed by atoms with Crippen LogP contribution in [0.15, 0.2) is 59.5 Å². The Kier molecular flexibility index (Phi) is 6.93. The number of methoxy groups -OCH3 is 1. The van der Waals surface area contributed by atoms with Gasteiger partial charge in [-0.15, -0.1) is 0 Å². The summed E-state index contributed by atoms with van der Waals surface area (Å²) in [7, 11) is -2.51. The van der Waals surface area contributed by atoms with Crippen LogP contribution in [0.5, 0.6) is 5.75 Å². The van der Waals surface area contributed by atoms with E-state index in [1.807, 2.05) is 12.2 Å². The molecule has 0 saturated carbocycles. The standard InChI is InChI=1S/C25H27N3O6S/c1-16-11-12-17(35(32,33)27-20-9-5-6-10-22(20)34-2)15-21(16)26-23(29)13-14-28-24(30)18-7-3-4-8-19(18)25(28)31/h3-6,9-12,15,18-19,27H,7-8,13-14H2,1-2H3,(H,26,29)/t18-,19+.